The van der Waals surface area contributed by atoms with Crippen LogP contribution in [-0.2, 0) is 14.4 Å². The second-order valence-electron chi connectivity index (χ2n) is 6.50. The number of carbonyl (C=O) groups is 2. The monoisotopic (exact) mass is 333 g/mol. The van der Waals surface area contributed by atoms with Crippen LogP contribution >= 0.6 is 0 Å². The normalized spacial score (nSPS) is 25.8. The molecule has 24 heavy (non-hydrogen) atoms. The van der Waals surface area contributed by atoms with Crippen LogP contribution in [0.2, 0.25) is 0 Å². The smallest absolute Gasteiger partial charge is 0.372 e. The Morgan fingerprint density at radius 3 is 2.79 bits per heavy atom. The van der Waals surface area contributed by atoms with E-state index in [1.807, 2.05) is 4.90 Å². The van der Waals surface area contributed by atoms with Crippen molar-refractivity contribution in [2.45, 2.75) is 31.4 Å². The lowest BCUT2D eigenvalue weighted by molar-refractivity contribution is -0.182. The molecule has 128 valence electrons. The fraction of sp³-hybridized carbons (Fsp3) is 0.529. The SMILES string of the molecule is O=C(OO)c1ccc2c(c1)O[C@@H]1C[C@H]2N(C(=O)C2CCOCC2)C1. The van der Waals surface area contributed by atoms with Gasteiger partial charge in [0.25, 0.3) is 0 Å². The maximum absolute atomic E-state index is 12.9. The van der Waals surface area contributed by atoms with Crippen LogP contribution in [0.5, 0.6) is 5.75 Å². The Kier molecular flexibility index (Phi) is 3.90. The van der Waals surface area contributed by atoms with Gasteiger partial charge in [0.1, 0.15) is 11.9 Å². The molecule has 2 bridgehead atoms. The maximum atomic E-state index is 12.9. The molecule has 2 saturated heterocycles. The van der Waals surface area contributed by atoms with E-state index in [9.17, 15) is 9.59 Å². The maximum Gasteiger partial charge on any atom is 0.372 e. The van der Waals surface area contributed by atoms with Gasteiger partial charge in [0.05, 0.1) is 18.2 Å². The molecule has 0 unspecified atom stereocenters. The van der Waals surface area contributed by atoms with Crippen molar-refractivity contribution in [3.05, 3.63) is 29.3 Å². The summed E-state index contributed by atoms with van der Waals surface area (Å²) in [7, 11) is 0. The predicted molar refractivity (Wildman–Crippen MR) is 81.5 cm³/mol. The number of benzene rings is 1. The van der Waals surface area contributed by atoms with Crippen molar-refractivity contribution < 1.29 is 29.2 Å². The predicted octanol–water partition coefficient (Wildman–Crippen LogP) is 1.78. The summed E-state index contributed by atoms with van der Waals surface area (Å²) in [5.74, 6) is -0.0535. The highest BCUT2D eigenvalue weighted by atomic mass is 17.1. The van der Waals surface area contributed by atoms with Crippen molar-refractivity contribution in [3.8, 4) is 5.75 Å². The van der Waals surface area contributed by atoms with Gasteiger partial charge in [-0.2, -0.15) is 5.26 Å². The molecule has 1 aromatic carbocycles. The lowest BCUT2D eigenvalue weighted by atomic mass is 9.95. The Labute approximate surface area is 139 Å². The van der Waals surface area contributed by atoms with Crippen LogP contribution in [0.3, 0.4) is 0 Å². The van der Waals surface area contributed by atoms with E-state index in [0.29, 0.717) is 25.5 Å². The van der Waals surface area contributed by atoms with Crippen LogP contribution in [0.1, 0.15) is 41.2 Å². The van der Waals surface area contributed by atoms with Gasteiger partial charge in [-0.15, -0.1) is 0 Å². The third-order valence-corrected chi connectivity index (χ3v) is 5.10. The Bertz CT molecular complexity index is 669. The molecule has 1 amide bonds. The van der Waals surface area contributed by atoms with Crippen molar-refractivity contribution in [2.24, 2.45) is 5.92 Å². The zero-order chi connectivity index (χ0) is 16.7. The average molecular weight is 333 g/mol. The largest absolute Gasteiger partial charge is 0.488 e. The highest BCUT2D eigenvalue weighted by Crippen LogP contribution is 2.44. The van der Waals surface area contributed by atoms with E-state index in [4.69, 9.17) is 14.7 Å². The Morgan fingerprint density at radius 1 is 1.25 bits per heavy atom. The second-order valence-corrected chi connectivity index (χ2v) is 6.50. The van der Waals surface area contributed by atoms with Crippen LogP contribution in [0.4, 0.5) is 0 Å². The number of nitrogens with zero attached hydrogens (tertiary/aromatic N) is 1. The fourth-order valence-electron chi connectivity index (χ4n) is 3.87. The highest BCUT2D eigenvalue weighted by Gasteiger charge is 2.44. The Balaban J connectivity index is 1.59. The summed E-state index contributed by atoms with van der Waals surface area (Å²) in [6, 6.07) is 4.90. The molecule has 3 aliphatic rings. The summed E-state index contributed by atoms with van der Waals surface area (Å²) in [6.07, 6.45) is 2.24. The highest BCUT2D eigenvalue weighted by molar-refractivity contribution is 5.89. The molecule has 3 aliphatic heterocycles. The zero-order valence-corrected chi connectivity index (χ0v) is 13.1. The van der Waals surface area contributed by atoms with E-state index in [1.165, 1.54) is 0 Å². The van der Waals surface area contributed by atoms with E-state index in [1.54, 1.807) is 18.2 Å². The van der Waals surface area contributed by atoms with Gasteiger partial charge < -0.3 is 14.4 Å². The minimum absolute atomic E-state index is 0.0187. The topological polar surface area (TPSA) is 85.3 Å². The van der Waals surface area contributed by atoms with Gasteiger partial charge in [-0.05, 0) is 25.0 Å². The molecule has 4 rings (SSSR count). The number of hydrogen-bond acceptors (Lipinski definition) is 6. The minimum Gasteiger partial charge on any atom is -0.488 e. The second kappa shape index (κ2) is 6.07. The molecule has 7 heteroatoms. The van der Waals surface area contributed by atoms with E-state index in [-0.39, 0.29) is 29.5 Å². The molecule has 0 saturated carbocycles. The van der Waals surface area contributed by atoms with Crippen LogP contribution in [0, 0.1) is 5.92 Å². The molecule has 2 atom stereocenters. The van der Waals surface area contributed by atoms with E-state index < -0.39 is 5.97 Å². The third kappa shape index (κ3) is 2.53. The van der Waals surface area contributed by atoms with E-state index in [0.717, 1.165) is 24.8 Å². The summed E-state index contributed by atoms with van der Waals surface area (Å²) >= 11 is 0. The van der Waals surface area contributed by atoms with Gasteiger partial charge in [0.15, 0.2) is 0 Å². The van der Waals surface area contributed by atoms with Gasteiger partial charge in [0, 0.05) is 31.1 Å². The first-order chi connectivity index (χ1) is 11.7. The molecule has 0 aliphatic carbocycles. The first-order valence-corrected chi connectivity index (χ1v) is 8.22. The lowest BCUT2D eigenvalue weighted by Gasteiger charge is -2.31. The summed E-state index contributed by atoms with van der Waals surface area (Å²) in [4.78, 5) is 30.0. The molecule has 1 N–H and O–H groups in total. The van der Waals surface area contributed by atoms with E-state index >= 15 is 0 Å². The van der Waals surface area contributed by atoms with Crippen LogP contribution in [-0.4, -0.2) is 47.9 Å². The zero-order valence-electron chi connectivity index (χ0n) is 13.1. The lowest BCUT2D eigenvalue weighted by Crippen LogP contribution is -2.38. The van der Waals surface area contributed by atoms with E-state index in [2.05, 4.69) is 4.89 Å². The van der Waals surface area contributed by atoms with Gasteiger partial charge in [-0.3, -0.25) is 9.68 Å². The van der Waals surface area contributed by atoms with Crippen LogP contribution < -0.4 is 4.74 Å². The molecular formula is C17H19NO6. The summed E-state index contributed by atoms with van der Waals surface area (Å²) in [6.45, 7) is 1.84. The summed E-state index contributed by atoms with van der Waals surface area (Å²) in [5, 5.41) is 8.51. The molecule has 0 radical (unpaired) electrons. The molecule has 3 heterocycles. The van der Waals surface area contributed by atoms with Crippen LogP contribution in [0.15, 0.2) is 18.2 Å². The first kappa shape index (κ1) is 15.4. The Hall–Kier alpha value is -2.12. The van der Waals surface area contributed by atoms with Crippen LogP contribution in [0.25, 0.3) is 0 Å². The van der Waals surface area contributed by atoms with Gasteiger partial charge in [0.2, 0.25) is 5.91 Å². The number of amides is 1. The van der Waals surface area contributed by atoms with Gasteiger partial charge in [-0.25, -0.2) is 4.79 Å². The third-order valence-electron chi connectivity index (χ3n) is 5.10. The molecule has 7 nitrogen and oxygen atoms in total. The number of carbonyl (C=O) groups excluding carboxylic acids is 2. The molecule has 0 aromatic heterocycles. The molecule has 0 spiro atoms. The first-order valence-electron chi connectivity index (χ1n) is 8.22. The molecule has 2 fully saturated rings. The number of rotatable bonds is 2. The standard InChI is InChI=1S/C17H19NO6/c19-16(10-3-5-22-6-4-10)18-9-12-8-14(18)13-2-1-11(17(20)24-21)7-15(13)23-12/h1-2,7,10,12,14,21H,3-6,8-9H2/t12-,14-/m1/s1. The molecule has 1 aromatic rings. The quantitative estimate of drug-likeness (QED) is 0.656. The van der Waals surface area contributed by atoms with Gasteiger partial charge in [-0.1, -0.05) is 6.07 Å². The summed E-state index contributed by atoms with van der Waals surface area (Å²) < 4.78 is 11.3. The average Bonchev–Trinajstić information content (AvgIpc) is 2.98. The summed E-state index contributed by atoms with van der Waals surface area (Å²) in [5.41, 5.74) is 1.12. The van der Waals surface area contributed by atoms with Crippen molar-refractivity contribution in [2.75, 3.05) is 19.8 Å². The fourth-order valence-corrected chi connectivity index (χ4v) is 3.87. The van der Waals surface area contributed by atoms with Gasteiger partial charge >= 0.3 is 5.97 Å². The minimum atomic E-state index is -0.825. The number of fused-ring (bicyclic) bond motifs is 4. The van der Waals surface area contributed by atoms with Crippen molar-refractivity contribution in [1.82, 2.24) is 4.90 Å². The van der Waals surface area contributed by atoms with Crippen molar-refractivity contribution in [3.63, 3.8) is 0 Å². The number of ether oxygens (including phenoxy) is 2. The number of hydrogen-bond donors (Lipinski definition) is 1. The van der Waals surface area contributed by atoms with Crippen molar-refractivity contribution in [1.29, 1.82) is 0 Å². The Morgan fingerprint density at radius 2 is 2.04 bits per heavy atom. The van der Waals surface area contributed by atoms with Crippen molar-refractivity contribution >= 4 is 11.9 Å². The molecular weight excluding hydrogens is 314 g/mol. The number of likely N-dealkylation sites (tertiary alicyclic amines) is 1.